The number of fused-ring (bicyclic) bond motifs is 6. The Morgan fingerprint density at radius 1 is 0.971 bits per heavy atom. The smallest absolute Gasteiger partial charge is 0.340 e. The van der Waals surface area contributed by atoms with Crippen molar-refractivity contribution in [2.75, 3.05) is 0 Å². The SMILES string of the molecule is CCCCC(C)NC(=O)c1ccc2c(c1)C1(OC2=O)c2ccc(O)cc2Oc2cc(O)ccc21. The van der Waals surface area contributed by atoms with E-state index in [0.29, 0.717) is 39.3 Å². The van der Waals surface area contributed by atoms with Gasteiger partial charge in [0, 0.05) is 40.4 Å². The summed E-state index contributed by atoms with van der Waals surface area (Å²) >= 11 is 0. The Hall–Kier alpha value is -4.00. The highest BCUT2D eigenvalue weighted by Gasteiger charge is 2.53. The monoisotopic (exact) mass is 459 g/mol. The predicted molar refractivity (Wildman–Crippen MR) is 124 cm³/mol. The number of phenolic OH excluding ortho intramolecular Hbond substituents is 2. The van der Waals surface area contributed by atoms with E-state index in [1.165, 1.54) is 24.3 Å². The summed E-state index contributed by atoms with van der Waals surface area (Å²) in [6, 6.07) is 14.1. The van der Waals surface area contributed by atoms with Gasteiger partial charge in [-0.1, -0.05) is 19.8 Å². The van der Waals surface area contributed by atoms with Crippen LogP contribution in [0.2, 0.25) is 0 Å². The van der Waals surface area contributed by atoms with E-state index in [-0.39, 0.29) is 23.4 Å². The number of nitrogens with one attached hydrogen (secondary N) is 1. The molecular formula is C27H25NO6. The number of carbonyl (C=O) groups is 2. The lowest BCUT2D eigenvalue weighted by Gasteiger charge is -2.36. The molecule has 5 rings (SSSR count). The van der Waals surface area contributed by atoms with E-state index in [9.17, 15) is 19.8 Å². The van der Waals surface area contributed by atoms with Crippen LogP contribution in [-0.2, 0) is 10.3 Å². The summed E-state index contributed by atoms with van der Waals surface area (Å²) in [6.07, 6.45) is 2.95. The molecule has 2 heterocycles. The zero-order valence-corrected chi connectivity index (χ0v) is 18.9. The predicted octanol–water partition coefficient (Wildman–Crippen LogP) is 4.97. The maximum absolute atomic E-state index is 13.0. The molecular weight excluding hydrogens is 434 g/mol. The Kier molecular flexibility index (Phi) is 5.20. The largest absolute Gasteiger partial charge is 0.508 e. The lowest BCUT2D eigenvalue weighted by molar-refractivity contribution is 0.0224. The summed E-state index contributed by atoms with van der Waals surface area (Å²) in [5.74, 6) is -0.209. The summed E-state index contributed by atoms with van der Waals surface area (Å²) in [6.45, 7) is 4.08. The molecule has 2 aliphatic rings. The third kappa shape index (κ3) is 3.36. The van der Waals surface area contributed by atoms with Gasteiger partial charge in [-0.05, 0) is 55.8 Å². The molecule has 1 atom stereocenters. The van der Waals surface area contributed by atoms with E-state index in [0.717, 1.165) is 19.3 Å². The number of unbranched alkanes of at least 4 members (excludes halogenated alkanes) is 1. The first-order chi connectivity index (χ1) is 16.3. The molecule has 1 spiro atoms. The van der Waals surface area contributed by atoms with Crippen LogP contribution < -0.4 is 10.1 Å². The van der Waals surface area contributed by atoms with Crippen molar-refractivity contribution >= 4 is 11.9 Å². The summed E-state index contributed by atoms with van der Waals surface area (Å²) in [4.78, 5) is 26.0. The van der Waals surface area contributed by atoms with Gasteiger partial charge in [0.2, 0.25) is 0 Å². The second-order valence-electron chi connectivity index (χ2n) is 8.81. The van der Waals surface area contributed by atoms with E-state index in [2.05, 4.69) is 12.2 Å². The van der Waals surface area contributed by atoms with Gasteiger partial charge in [-0.25, -0.2) is 4.79 Å². The second-order valence-corrected chi connectivity index (χ2v) is 8.81. The highest BCUT2D eigenvalue weighted by atomic mass is 16.6. The number of aromatic hydroxyl groups is 2. The molecule has 0 saturated heterocycles. The van der Waals surface area contributed by atoms with Gasteiger partial charge in [0.05, 0.1) is 5.56 Å². The molecule has 0 aromatic heterocycles. The van der Waals surface area contributed by atoms with Gasteiger partial charge in [-0.15, -0.1) is 0 Å². The molecule has 7 heteroatoms. The van der Waals surface area contributed by atoms with Gasteiger partial charge in [0.25, 0.3) is 5.91 Å². The van der Waals surface area contributed by atoms with Gasteiger partial charge < -0.3 is 25.0 Å². The van der Waals surface area contributed by atoms with E-state index in [1.54, 1.807) is 30.3 Å². The summed E-state index contributed by atoms with van der Waals surface area (Å²) in [5, 5.41) is 23.1. The Labute approximate surface area is 197 Å². The number of ether oxygens (including phenoxy) is 2. The molecule has 1 unspecified atom stereocenters. The van der Waals surface area contributed by atoms with Gasteiger partial charge in [0.1, 0.15) is 23.0 Å². The quantitative estimate of drug-likeness (QED) is 0.465. The molecule has 0 bridgehead atoms. The van der Waals surface area contributed by atoms with Crippen LogP contribution >= 0.6 is 0 Å². The lowest BCUT2D eigenvalue weighted by Crippen LogP contribution is -2.34. The van der Waals surface area contributed by atoms with Crippen molar-refractivity contribution in [2.24, 2.45) is 0 Å². The number of carbonyl (C=O) groups excluding carboxylic acids is 2. The van der Waals surface area contributed by atoms with Crippen molar-refractivity contribution in [3.05, 3.63) is 82.4 Å². The first-order valence-corrected chi connectivity index (χ1v) is 11.4. The molecule has 2 aliphatic heterocycles. The average molecular weight is 459 g/mol. The topological polar surface area (TPSA) is 105 Å². The first-order valence-electron chi connectivity index (χ1n) is 11.4. The van der Waals surface area contributed by atoms with E-state index >= 15 is 0 Å². The van der Waals surface area contributed by atoms with E-state index < -0.39 is 11.6 Å². The van der Waals surface area contributed by atoms with Crippen LogP contribution in [-0.4, -0.2) is 28.1 Å². The Morgan fingerprint density at radius 3 is 2.24 bits per heavy atom. The Bertz CT molecular complexity index is 1260. The molecule has 3 aromatic carbocycles. The maximum Gasteiger partial charge on any atom is 0.340 e. The number of hydrogen-bond donors (Lipinski definition) is 3. The fourth-order valence-corrected chi connectivity index (χ4v) is 4.73. The van der Waals surface area contributed by atoms with Crippen LogP contribution in [0.5, 0.6) is 23.0 Å². The highest BCUT2D eigenvalue weighted by Crippen LogP contribution is 2.57. The van der Waals surface area contributed by atoms with E-state index in [1.807, 2.05) is 6.92 Å². The van der Waals surface area contributed by atoms with Crippen molar-refractivity contribution < 1.29 is 29.3 Å². The van der Waals surface area contributed by atoms with Gasteiger partial charge in [0.15, 0.2) is 5.60 Å². The number of benzene rings is 3. The first kappa shape index (κ1) is 21.8. The minimum atomic E-state index is -1.39. The molecule has 7 nitrogen and oxygen atoms in total. The van der Waals surface area contributed by atoms with Gasteiger partial charge >= 0.3 is 5.97 Å². The minimum Gasteiger partial charge on any atom is -0.508 e. The van der Waals surface area contributed by atoms with Crippen molar-refractivity contribution in [1.29, 1.82) is 0 Å². The third-order valence-corrected chi connectivity index (χ3v) is 6.40. The van der Waals surface area contributed by atoms with Gasteiger partial charge in [-0.2, -0.15) is 0 Å². The number of hydrogen-bond acceptors (Lipinski definition) is 6. The number of phenols is 2. The summed E-state index contributed by atoms with van der Waals surface area (Å²) in [5.41, 5.74) is 0.908. The highest BCUT2D eigenvalue weighted by molar-refractivity contribution is 6.00. The van der Waals surface area contributed by atoms with Crippen molar-refractivity contribution in [2.45, 2.75) is 44.8 Å². The van der Waals surface area contributed by atoms with Crippen molar-refractivity contribution in [3.63, 3.8) is 0 Å². The second kappa shape index (κ2) is 8.09. The lowest BCUT2D eigenvalue weighted by atomic mass is 9.77. The van der Waals surface area contributed by atoms with Crippen LogP contribution in [0.4, 0.5) is 0 Å². The molecule has 0 aliphatic carbocycles. The number of esters is 1. The molecule has 0 fully saturated rings. The van der Waals surface area contributed by atoms with Crippen LogP contribution in [0.25, 0.3) is 0 Å². The Balaban J connectivity index is 1.66. The molecule has 0 saturated carbocycles. The normalized spacial score (nSPS) is 15.5. The summed E-state index contributed by atoms with van der Waals surface area (Å²) in [7, 11) is 0. The molecule has 34 heavy (non-hydrogen) atoms. The molecule has 0 radical (unpaired) electrons. The number of amides is 1. The Morgan fingerprint density at radius 2 is 1.62 bits per heavy atom. The van der Waals surface area contributed by atoms with Crippen molar-refractivity contribution in [1.82, 2.24) is 5.32 Å². The summed E-state index contributed by atoms with van der Waals surface area (Å²) < 4.78 is 12.0. The zero-order chi connectivity index (χ0) is 24.0. The molecule has 3 aromatic rings. The molecule has 1 amide bonds. The maximum atomic E-state index is 13.0. The molecule has 3 N–H and O–H groups in total. The number of rotatable bonds is 5. The zero-order valence-electron chi connectivity index (χ0n) is 18.9. The van der Waals surface area contributed by atoms with E-state index in [4.69, 9.17) is 9.47 Å². The van der Waals surface area contributed by atoms with Crippen LogP contribution in [0.3, 0.4) is 0 Å². The van der Waals surface area contributed by atoms with Crippen molar-refractivity contribution in [3.8, 4) is 23.0 Å². The standard InChI is InChI=1S/C27H25NO6/c1-3-4-5-15(2)28-25(31)16-6-9-19-22(12-16)27(34-26(19)32)20-10-7-17(29)13-23(20)33-24-14-18(30)8-11-21(24)27/h6-15,29-30H,3-5H2,1-2H3,(H,28,31). The minimum absolute atomic E-state index is 0.0167. The van der Waals surface area contributed by atoms with Crippen LogP contribution in [0.15, 0.2) is 54.6 Å². The fourth-order valence-electron chi connectivity index (χ4n) is 4.73. The van der Waals surface area contributed by atoms with Crippen LogP contribution in [0.1, 0.15) is 70.5 Å². The van der Waals surface area contributed by atoms with Crippen LogP contribution in [0, 0.1) is 0 Å². The fraction of sp³-hybridized carbons (Fsp3) is 0.259. The molecule has 174 valence electrons. The third-order valence-electron chi connectivity index (χ3n) is 6.40. The average Bonchev–Trinajstić information content (AvgIpc) is 3.09. The van der Waals surface area contributed by atoms with Gasteiger partial charge in [-0.3, -0.25) is 4.79 Å².